The summed E-state index contributed by atoms with van der Waals surface area (Å²) in [7, 11) is -3.55. The number of hydrogen-bond donors (Lipinski definition) is 2. The Morgan fingerprint density at radius 2 is 1.72 bits per heavy atom. The molecule has 0 spiro atoms. The molecule has 2 aliphatic carbocycles. The molecular weight excluding hydrogens is 386 g/mol. The van der Waals surface area contributed by atoms with E-state index >= 15 is 0 Å². The molecule has 4 rings (SSSR count). The van der Waals surface area contributed by atoms with Gasteiger partial charge in [0.05, 0.1) is 16.5 Å². The number of carbonyl (C=O) groups excluding carboxylic acids is 1. The topological polar surface area (TPSA) is 118 Å². The van der Waals surface area contributed by atoms with E-state index in [9.17, 15) is 9.00 Å². The zero-order valence-corrected chi connectivity index (χ0v) is 16.5. The van der Waals surface area contributed by atoms with E-state index in [0.29, 0.717) is 0 Å². The van der Waals surface area contributed by atoms with Crippen LogP contribution in [0.2, 0.25) is 0 Å². The van der Waals surface area contributed by atoms with Gasteiger partial charge in [-0.1, -0.05) is 16.5 Å². The number of nitriles is 2. The standard InChI is InChI=1S/C21H19N5O2S/c22-12-14-4-1-7-17(10-14)29(28,24-13-23)26-21(27)25-20-18-8-2-5-15(18)11-16-6-3-9-19(16)20/h1,4,7,10-11H,2-3,5-6,8-9H2,(H2,24,25,26,27,28). The molecule has 0 radical (unpaired) electrons. The molecule has 0 fully saturated rings. The van der Waals surface area contributed by atoms with Crippen molar-refractivity contribution >= 4 is 21.6 Å². The second kappa shape index (κ2) is 7.57. The quantitative estimate of drug-likeness (QED) is 0.759. The maximum atomic E-state index is 13.3. The second-order valence-electron chi connectivity index (χ2n) is 7.15. The van der Waals surface area contributed by atoms with Crippen molar-refractivity contribution in [3.8, 4) is 12.3 Å². The van der Waals surface area contributed by atoms with E-state index in [1.165, 1.54) is 35.5 Å². The zero-order chi connectivity index (χ0) is 20.4. The van der Waals surface area contributed by atoms with Gasteiger partial charge in [-0.3, -0.25) is 0 Å². The van der Waals surface area contributed by atoms with Crippen LogP contribution in [0.5, 0.6) is 0 Å². The van der Waals surface area contributed by atoms with Crippen molar-refractivity contribution in [3.63, 3.8) is 0 Å². The fraction of sp³-hybridized carbons (Fsp3) is 0.286. The van der Waals surface area contributed by atoms with E-state index in [1.54, 1.807) is 6.07 Å². The van der Waals surface area contributed by atoms with Gasteiger partial charge >= 0.3 is 6.03 Å². The molecule has 29 heavy (non-hydrogen) atoms. The molecule has 1 atom stereocenters. The van der Waals surface area contributed by atoms with Crippen LogP contribution in [0, 0.1) is 22.8 Å². The summed E-state index contributed by atoms with van der Waals surface area (Å²) in [5.74, 6) is 0. The highest BCUT2D eigenvalue weighted by Crippen LogP contribution is 2.38. The lowest BCUT2D eigenvalue weighted by Gasteiger charge is -2.17. The van der Waals surface area contributed by atoms with E-state index in [1.807, 2.05) is 6.07 Å². The van der Waals surface area contributed by atoms with Gasteiger partial charge in [0, 0.05) is 5.69 Å². The second-order valence-corrected chi connectivity index (χ2v) is 9.06. The summed E-state index contributed by atoms with van der Waals surface area (Å²) in [4.78, 5) is 12.9. The Labute approximate surface area is 169 Å². The highest BCUT2D eigenvalue weighted by atomic mass is 32.2. The van der Waals surface area contributed by atoms with Crippen LogP contribution in [0.1, 0.15) is 40.7 Å². The van der Waals surface area contributed by atoms with Crippen molar-refractivity contribution < 1.29 is 9.00 Å². The summed E-state index contributed by atoms with van der Waals surface area (Å²) in [6.45, 7) is 0. The number of rotatable bonds is 3. The summed E-state index contributed by atoms with van der Waals surface area (Å²) < 4.78 is 19.1. The molecule has 2 amide bonds. The number of anilines is 1. The van der Waals surface area contributed by atoms with Crippen LogP contribution >= 0.6 is 0 Å². The minimum absolute atomic E-state index is 0.108. The first kappa shape index (κ1) is 19.0. The number of nitrogens with zero attached hydrogens (tertiary/aromatic N) is 3. The third-order valence-electron chi connectivity index (χ3n) is 5.39. The predicted octanol–water partition coefficient (Wildman–Crippen LogP) is 3.58. The molecule has 0 saturated carbocycles. The number of urea groups is 1. The molecule has 1 unspecified atom stereocenters. The van der Waals surface area contributed by atoms with Gasteiger partial charge in [-0.2, -0.15) is 10.5 Å². The molecule has 2 aliphatic rings. The van der Waals surface area contributed by atoms with Gasteiger partial charge in [0.25, 0.3) is 0 Å². The Morgan fingerprint density at radius 1 is 1.03 bits per heavy atom. The SMILES string of the molecule is N#CN=S(=O)(NC(=O)Nc1c2c(cc3c1CCC3)CCC2)c1cccc(C#N)c1. The van der Waals surface area contributed by atoms with Crippen LogP contribution in [0.4, 0.5) is 10.5 Å². The Hall–Kier alpha value is -3.36. The van der Waals surface area contributed by atoms with Gasteiger partial charge in [-0.25, -0.2) is 13.7 Å². The normalized spacial score (nSPS) is 15.9. The molecule has 0 aliphatic heterocycles. The number of carbonyl (C=O) groups is 1. The predicted molar refractivity (Wildman–Crippen MR) is 108 cm³/mol. The van der Waals surface area contributed by atoms with E-state index in [2.05, 4.69) is 20.5 Å². The smallest absolute Gasteiger partial charge is 0.307 e. The Bertz CT molecular complexity index is 1180. The van der Waals surface area contributed by atoms with E-state index in [0.717, 1.165) is 55.3 Å². The van der Waals surface area contributed by atoms with Crippen LogP contribution in [0.25, 0.3) is 0 Å². The van der Waals surface area contributed by atoms with Crippen LogP contribution in [-0.4, -0.2) is 10.2 Å². The first-order valence-electron chi connectivity index (χ1n) is 9.45. The summed E-state index contributed by atoms with van der Waals surface area (Å²) >= 11 is 0. The monoisotopic (exact) mass is 405 g/mol. The molecule has 0 bridgehead atoms. The minimum atomic E-state index is -3.55. The van der Waals surface area contributed by atoms with Gasteiger partial charge < -0.3 is 5.32 Å². The number of fused-ring (bicyclic) bond motifs is 2. The highest BCUT2D eigenvalue weighted by molar-refractivity contribution is 7.92. The third-order valence-corrected chi connectivity index (χ3v) is 7.09. The fourth-order valence-electron chi connectivity index (χ4n) is 4.16. The fourth-order valence-corrected chi connectivity index (χ4v) is 5.40. The molecule has 2 N–H and O–H groups in total. The van der Waals surface area contributed by atoms with Crippen molar-refractivity contribution in [1.29, 1.82) is 10.5 Å². The number of nitrogens with one attached hydrogen (secondary N) is 2. The van der Waals surface area contributed by atoms with Crippen LogP contribution in [-0.2, 0) is 35.6 Å². The van der Waals surface area contributed by atoms with E-state index in [-0.39, 0.29) is 10.5 Å². The number of amides is 2. The molecule has 0 heterocycles. The van der Waals surface area contributed by atoms with Crippen molar-refractivity contribution in [2.75, 3.05) is 5.32 Å². The van der Waals surface area contributed by atoms with Gasteiger partial charge in [-0.15, -0.1) is 0 Å². The molecule has 8 heteroatoms. The first-order chi connectivity index (χ1) is 14.0. The molecule has 2 aromatic rings. The van der Waals surface area contributed by atoms with E-state index < -0.39 is 15.9 Å². The third kappa shape index (κ3) is 3.55. The molecule has 7 nitrogen and oxygen atoms in total. The molecule has 146 valence electrons. The van der Waals surface area contributed by atoms with Crippen molar-refractivity contribution in [2.45, 2.75) is 43.4 Å². The summed E-state index contributed by atoms with van der Waals surface area (Å²) in [5.41, 5.74) is 5.92. The number of aryl methyl sites for hydroxylation is 2. The number of hydrogen-bond acceptors (Lipinski definition) is 5. The Morgan fingerprint density at radius 3 is 2.34 bits per heavy atom. The summed E-state index contributed by atoms with van der Waals surface area (Å²) in [6, 6.07) is 9.46. The summed E-state index contributed by atoms with van der Waals surface area (Å²) in [5, 5.41) is 21.0. The zero-order valence-electron chi connectivity index (χ0n) is 15.7. The molecule has 2 aromatic carbocycles. The molecule has 0 aromatic heterocycles. The minimum Gasteiger partial charge on any atom is -0.307 e. The van der Waals surface area contributed by atoms with Crippen molar-refractivity contribution in [3.05, 3.63) is 58.1 Å². The van der Waals surface area contributed by atoms with Gasteiger partial charge in [0.15, 0.2) is 9.92 Å². The molecular formula is C21H19N5O2S. The van der Waals surface area contributed by atoms with Crippen LogP contribution < -0.4 is 10.0 Å². The van der Waals surface area contributed by atoms with Crippen molar-refractivity contribution in [2.24, 2.45) is 4.36 Å². The highest BCUT2D eigenvalue weighted by Gasteiger charge is 2.26. The average molecular weight is 405 g/mol. The first-order valence-corrected chi connectivity index (χ1v) is 11.0. The van der Waals surface area contributed by atoms with Gasteiger partial charge in [-0.05, 0) is 79.0 Å². The molecule has 0 saturated heterocycles. The number of benzene rings is 2. The Balaban J connectivity index is 1.66. The van der Waals surface area contributed by atoms with Crippen molar-refractivity contribution in [1.82, 2.24) is 4.72 Å². The maximum Gasteiger partial charge on any atom is 0.331 e. The maximum absolute atomic E-state index is 13.3. The average Bonchev–Trinajstić information content (AvgIpc) is 3.37. The van der Waals surface area contributed by atoms with E-state index in [4.69, 9.17) is 10.5 Å². The van der Waals surface area contributed by atoms with Gasteiger partial charge in [0.2, 0.25) is 6.19 Å². The van der Waals surface area contributed by atoms with Crippen LogP contribution in [0.3, 0.4) is 0 Å². The van der Waals surface area contributed by atoms with Gasteiger partial charge in [0.1, 0.15) is 0 Å². The lowest BCUT2D eigenvalue weighted by atomic mass is 9.99. The lowest BCUT2D eigenvalue weighted by molar-refractivity contribution is 0.256. The Kier molecular flexibility index (Phi) is 4.96. The summed E-state index contributed by atoms with van der Waals surface area (Å²) in [6.07, 6.45) is 7.43. The largest absolute Gasteiger partial charge is 0.331 e. The lowest BCUT2D eigenvalue weighted by Crippen LogP contribution is -2.34. The van der Waals surface area contributed by atoms with Crippen LogP contribution in [0.15, 0.2) is 39.6 Å².